The monoisotopic (exact) mass is 935 g/mol. The molecule has 66 heavy (non-hydrogen) atoms. The Morgan fingerprint density at radius 2 is 1.64 bits per heavy atom. The van der Waals surface area contributed by atoms with Crippen molar-refractivity contribution in [1.29, 1.82) is 5.26 Å². The number of fused-ring (bicyclic) bond motifs is 3. The minimum atomic E-state index is -0.957. The van der Waals surface area contributed by atoms with Crippen LogP contribution in [-0.2, 0) is 14.3 Å². The summed E-state index contributed by atoms with van der Waals surface area (Å²) in [7, 11) is 0. The molecule has 2 fully saturated rings. The number of ether oxygens (including phenoxy) is 4. The zero-order valence-electron chi connectivity index (χ0n) is 38.1. The fraction of sp³-hybridized carbons (Fsp3) is 0.458. The van der Waals surface area contributed by atoms with Gasteiger partial charge in [0.25, 0.3) is 5.91 Å². The molecule has 1 saturated carbocycles. The number of carboxylic acid groups (broad SMARTS) is 1. The molecular formula is C48H54ClN9O7S. The van der Waals surface area contributed by atoms with Crippen LogP contribution in [-0.4, -0.2) is 105 Å². The second kappa shape index (κ2) is 19.1. The van der Waals surface area contributed by atoms with E-state index >= 15 is 0 Å². The van der Waals surface area contributed by atoms with E-state index in [0.717, 1.165) is 58.2 Å². The highest BCUT2D eigenvalue weighted by Crippen LogP contribution is 2.55. The summed E-state index contributed by atoms with van der Waals surface area (Å²) in [6, 6.07) is 13.9. The van der Waals surface area contributed by atoms with Crippen molar-refractivity contribution < 1.29 is 33.6 Å². The normalized spacial score (nSPS) is 19.7. The first-order valence-corrected chi connectivity index (χ1v) is 23.2. The summed E-state index contributed by atoms with van der Waals surface area (Å²) in [6.07, 6.45) is 4.46. The maximum absolute atomic E-state index is 13.4. The number of amides is 1. The number of carbonyl (C=O) groups excluding carboxylic acids is 1. The first kappa shape index (κ1) is 46.6. The van der Waals surface area contributed by atoms with Gasteiger partial charge in [0, 0.05) is 64.4 Å². The lowest BCUT2D eigenvalue weighted by atomic mass is 9.49. The average molecular weight is 937 g/mol. The summed E-state index contributed by atoms with van der Waals surface area (Å²) in [6.45, 7) is 17.4. The molecule has 3 aromatic heterocycles. The van der Waals surface area contributed by atoms with E-state index in [1.165, 1.54) is 0 Å². The van der Waals surface area contributed by atoms with Crippen molar-refractivity contribution in [3.63, 3.8) is 0 Å². The molecule has 5 heterocycles. The van der Waals surface area contributed by atoms with Crippen molar-refractivity contribution in [2.45, 2.75) is 92.0 Å². The highest BCUT2D eigenvalue weighted by molar-refractivity contribution is 7.15. The Hall–Kier alpha value is -5.93. The number of benzene rings is 2. The van der Waals surface area contributed by atoms with Crippen LogP contribution in [0.2, 0.25) is 5.02 Å². The highest BCUT2D eigenvalue weighted by Gasteiger charge is 2.64. The largest absolute Gasteiger partial charge is 0.491 e. The van der Waals surface area contributed by atoms with E-state index in [1.807, 2.05) is 35.8 Å². The Morgan fingerprint density at radius 1 is 0.955 bits per heavy atom. The summed E-state index contributed by atoms with van der Waals surface area (Å²) < 4.78 is 26.2. The van der Waals surface area contributed by atoms with E-state index in [1.54, 1.807) is 41.9 Å². The van der Waals surface area contributed by atoms with Crippen molar-refractivity contribution >= 4 is 46.5 Å². The average Bonchev–Trinajstić information content (AvgIpc) is 3.78. The van der Waals surface area contributed by atoms with Gasteiger partial charge in [0.15, 0.2) is 5.82 Å². The van der Waals surface area contributed by atoms with Crippen molar-refractivity contribution in [3.8, 4) is 22.6 Å². The van der Waals surface area contributed by atoms with Gasteiger partial charge in [-0.3, -0.25) is 19.1 Å². The third kappa shape index (κ3) is 9.37. The molecule has 2 aliphatic heterocycles. The third-order valence-corrected chi connectivity index (χ3v) is 14.4. The Morgan fingerprint density at radius 3 is 2.30 bits per heavy atom. The second-order valence-corrected chi connectivity index (χ2v) is 19.7. The number of rotatable bonds is 16. The van der Waals surface area contributed by atoms with Gasteiger partial charge in [-0.15, -0.1) is 21.5 Å². The van der Waals surface area contributed by atoms with Gasteiger partial charge in [0.05, 0.1) is 54.2 Å². The van der Waals surface area contributed by atoms with Crippen LogP contribution in [0.25, 0.3) is 5.00 Å². The summed E-state index contributed by atoms with van der Waals surface area (Å²) in [5, 5.41) is 32.0. The zero-order chi connectivity index (χ0) is 46.9. The minimum absolute atomic E-state index is 0.0952. The number of nitrogens with zero attached hydrogens (tertiary/aromatic N) is 8. The van der Waals surface area contributed by atoms with Crippen LogP contribution in [0.4, 0.5) is 5.95 Å². The Labute approximate surface area is 393 Å². The van der Waals surface area contributed by atoms with Gasteiger partial charge in [-0.05, 0) is 75.6 Å². The predicted octanol–water partition coefficient (Wildman–Crippen LogP) is 7.63. The molecule has 0 spiro atoms. The van der Waals surface area contributed by atoms with Crippen molar-refractivity contribution in [2.75, 3.05) is 44.4 Å². The highest BCUT2D eigenvalue weighted by atomic mass is 35.5. The quantitative estimate of drug-likeness (QED) is 0.0917. The fourth-order valence-corrected chi connectivity index (χ4v) is 11.1. The zero-order valence-corrected chi connectivity index (χ0v) is 39.7. The van der Waals surface area contributed by atoms with Crippen LogP contribution in [0.3, 0.4) is 0 Å². The predicted molar refractivity (Wildman–Crippen MR) is 249 cm³/mol. The van der Waals surface area contributed by atoms with Gasteiger partial charge < -0.3 is 34.3 Å². The number of aryl methyl sites for hydroxylation is 2. The number of anilines is 1. The molecule has 0 radical (unpaired) electrons. The van der Waals surface area contributed by atoms with Crippen LogP contribution in [0.15, 0.2) is 59.9 Å². The van der Waals surface area contributed by atoms with E-state index in [-0.39, 0.29) is 30.6 Å². The number of hydrogen-bond acceptors (Lipinski definition) is 14. The van der Waals surface area contributed by atoms with Crippen LogP contribution in [0, 0.1) is 42.9 Å². The molecule has 16 nitrogen and oxygen atoms in total. The third-order valence-electron chi connectivity index (χ3n) is 12.9. The summed E-state index contributed by atoms with van der Waals surface area (Å²) >= 11 is 7.87. The maximum Gasteiger partial charge on any atom is 0.306 e. The molecule has 5 aromatic rings. The van der Waals surface area contributed by atoms with Crippen LogP contribution in [0.1, 0.15) is 102 Å². The SMILES string of the molecule is Cc1sc2c(c1C)C(c1ccc(OCCOCCOC3CCN(c4ncc(C(=O)NC5C(C)(C)C(Oc6ccc(C#N)c(Cl)c6)C5(C)C)cn4)CC3)cc1)=N[C@@H](CC(=O)O)c1nnc(C)n1-2. The summed E-state index contributed by atoms with van der Waals surface area (Å²) in [5.41, 5.74) is 3.61. The first-order chi connectivity index (χ1) is 31.6. The standard InChI is InChI=1S/C48H54ClN9O7S/c1-27-28(2)66-43-39(27)40(53-37(23-38(59)60)41-56-55-29(3)58(41)43)30-8-11-33(12-9-30)63-20-18-62-19-21-64-34-14-16-57(17-15-34)46-51-25-32(26-52-46)42(61)54-44-47(4,5)45(48(44,6)7)65-35-13-10-31(24-50)36(49)22-35/h8-13,22,25-26,34,37,44-45H,14-21,23H2,1-7H3,(H,54,61)(H,59,60)/t37-,44?,45?/m0/s1. The van der Waals surface area contributed by atoms with Gasteiger partial charge in [-0.1, -0.05) is 39.3 Å². The number of hydrogen-bond donors (Lipinski definition) is 2. The molecule has 18 heteroatoms. The maximum atomic E-state index is 13.4. The molecule has 1 saturated heterocycles. The van der Waals surface area contributed by atoms with E-state index in [9.17, 15) is 20.0 Å². The van der Waals surface area contributed by atoms with Gasteiger partial charge >= 0.3 is 5.97 Å². The molecule has 8 rings (SSSR count). The number of nitrogens with one attached hydrogen (secondary N) is 1. The van der Waals surface area contributed by atoms with Crippen LogP contribution >= 0.6 is 22.9 Å². The van der Waals surface area contributed by atoms with Crippen LogP contribution < -0.4 is 19.7 Å². The van der Waals surface area contributed by atoms with Crippen molar-refractivity contribution in [3.05, 3.63) is 104 Å². The first-order valence-electron chi connectivity index (χ1n) is 22.1. The molecule has 2 aromatic carbocycles. The fourth-order valence-electron chi connectivity index (χ4n) is 9.63. The number of thiophene rings is 1. The molecular weight excluding hydrogens is 882 g/mol. The van der Waals surface area contributed by atoms with Crippen molar-refractivity contribution in [1.82, 2.24) is 30.0 Å². The minimum Gasteiger partial charge on any atom is -0.491 e. The van der Waals surface area contributed by atoms with E-state index < -0.39 is 22.8 Å². The number of nitriles is 1. The van der Waals surface area contributed by atoms with Gasteiger partial charge in [0.2, 0.25) is 5.95 Å². The lowest BCUT2D eigenvalue weighted by Gasteiger charge is -2.63. The molecule has 346 valence electrons. The number of aliphatic imine (C=N–C) groups is 1. The molecule has 1 amide bonds. The topological polar surface area (TPSA) is 199 Å². The molecule has 0 bridgehead atoms. The summed E-state index contributed by atoms with van der Waals surface area (Å²) in [4.78, 5) is 42.6. The lowest BCUT2D eigenvalue weighted by molar-refractivity contribution is -0.164. The van der Waals surface area contributed by atoms with Gasteiger partial charge in [0.1, 0.15) is 47.1 Å². The molecule has 1 aliphatic carbocycles. The number of carbonyl (C=O) groups is 2. The van der Waals surface area contributed by atoms with Gasteiger partial charge in [-0.25, -0.2) is 9.97 Å². The van der Waals surface area contributed by atoms with E-state index in [2.05, 4.69) is 78.0 Å². The summed E-state index contributed by atoms with van der Waals surface area (Å²) in [5.74, 6) is 1.85. The van der Waals surface area contributed by atoms with Gasteiger partial charge in [-0.2, -0.15) is 5.26 Å². The number of halogens is 1. The number of piperidine rings is 1. The van der Waals surface area contributed by atoms with Crippen molar-refractivity contribution in [2.24, 2.45) is 15.8 Å². The van der Waals surface area contributed by atoms with E-state index in [0.29, 0.717) is 71.7 Å². The Balaban J connectivity index is 0.747. The molecule has 1 atom stereocenters. The Bertz CT molecular complexity index is 2650. The van der Waals surface area contributed by atoms with E-state index in [4.69, 9.17) is 35.5 Å². The van der Waals surface area contributed by atoms with Crippen LogP contribution in [0.5, 0.6) is 11.5 Å². The molecule has 3 aliphatic rings. The number of carboxylic acids is 1. The molecule has 0 unspecified atom stereocenters. The Kier molecular flexibility index (Phi) is 13.5. The second-order valence-electron chi connectivity index (χ2n) is 18.1. The number of aliphatic carboxylic acids is 1. The lowest BCUT2D eigenvalue weighted by Crippen LogP contribution is -2.74. The smallest absolute Gasteiger partial charge is 0.306 e. The number of aromatic nitrogens is 5. The molecule has 2 N–H and O–H groups in total.